The summed E-state index contributed by atoms with van der Waals surface area (Å²) in [4.78, 5) is 22.9. The fraction of sp³-hybridized carbons (Fsp3) is 0.176. The fourth-order valence-electron chi connectivity index (χ4n) is 3.44. The fourth-order valence-corrected chi connectivity index (χ4v) is 3.44. The molecule has 0 amide bonds. The van der Waals surface area contributed by atoms with Crippen LogP contribution >= 0.6 is 0 Å². The molecule has 3 aromatic rings. The molecule has 0 saturated carbocycles. The van der Waals surface area contributed by atoms with Gasteiger partial charge in [-0.15, -0.1) is 0 Å². The van der Waals surface area contributed by atoms with E-state index in [4.69, 9.17) is 18.9 Å². The highest BCUT2D eigenvalue weighted by atomic mass is 19.1. The smallest absolute Gasteiger partial charge is 0.333 e. The van der Waals surface area contributed by atoms with Crippen LogP contribution in [-0.4, -0.2) is 38.4 Å². The molecule has 0 N–H and O–H groups in total. The molecule has 7 heteroatoms. The Hall–Kier alpha value is -4.91. The van der Waals surface area contributed by atoms with Crippen molar-refractivity contribution in [3.63, 3.8) is 0 Å². The third-order valence-corrected chi connectivity index (χ3v) is 5.57. The Morgan fingerprint density at radius 3 is 1.95 bits per heavy atom. The van der Waals surface area contributed by atoms with E-state index in [1.807, 2.05) is 54.6 Å². The summed E-state index contributed by atoms with van der Waals surface area (Å²) in [5, 5.41) is 0. The molecule has 3 rings (SSSR count). The number of hydrogen-bond donors (Lipinski definition) is 0. The van der Waals surface area contributed by atoms with Gasteiger partial charge in [0.05, 0.1) is 0 Å². The maximum Gasteiger partial charge on any atom is 0.333 e. The van der Waals surface area contributed by atoms with Crippen molar-refractivity contribution in [3.8, 4) is 11.5 Å². The van der Waals surface area contributed by atoms with E-state index in [9.17, 15) is 14.0 Å². The molecular formula is C34H33FO6. The Bertz CT molecular complexity index is 1450. The Labute approximate surface area is 240 Å². The molecule has 0 heterocycles. The summed E-state index contributed by atoms with van der Waals surface area (Å²) in [6.07, 6.45) is 7.13. The van der Waals surface area contributed by atoms with Gasteiger partial charge in [0.25, 0.3) is 0 Å². The standard InChI is InChI=1S/C34H33FO6/c1-24(2)33(36)40-20-18-38-30-10-7-8-26(22-30)12-15-28-16-13-27(23-31(28)35)14-17-29-9-5-6-11-32(29)39-19-21-41-34(37)25(3)4/h5-17,22-23H,1,3,18-21H2,2,4H3. The van der Waals surface area contributed by atoms with Gasteiger partial charge in [-0.1, -0.05) is 79.9 Å². The minimum Gasteiger partial charge on any atom is -0.490 e. The largest absolute Gasteiger partial charge is 0.490 e. The molecule has 41 heavy (non-hydrogen) atoms. The van der Waals surface area contributed by atoms with E-state index >= 15 is 0 Å². The molecule has 0 fully saturated rings. The van der Waals surface area contributed by atoms with Gasteiger partial charge >= 0.3 is 11.9 Å². The van der Waals surface area contributed by atoms with E-state index in [-0.39, 0.29) is 32.2 Å². The second-order valence-electron chi connectivity index (χ2n) is 9.09. The molecule has 0 spiro atoms. The van der Waals surface area contributed by atoms with Gasteiger partial charge in [-0.2, -0.15) is 0 Å². The van der Waals surface area contributed by atoms with Gasteiger partial charge in [-0.3, -0.25) is 0 Å². The van der Waals surface area contributed by atoms with Crippen LogP contribution in [0.5, 0.6) is 11.5 Å². The van der Waals surface area contributed by atoms with Crippen molar-refractivity contribution in [2.45, 2.75) is 13.8 Å². The van der Waals surface area contributed by atoms with Crippen LogP contribution in [-0.2, 0) is 19.1 Å². The zero-order chi connectivity index (χ0) is 29.6. The quantitative estimate of drug-likeness (QED) is 0.0908. The molecule has 6 nitrogen and oxygen atoms in total. The van der Waals surface area contributed by atoms with Gasteiger partial charge in [0.1, 0.15) is 43.7 Å². The molecule has 0 atom stereocenters. The molecule has 0 aliphatic heterocycles. The van der Waals surface area contributed by atoms with Crippen molar-refractivity contribution in [1.29, 1.82) is 0 Å². The summed E-state index contributed by atoms with van der Waals surface area (Å²) in [6, 6.07) is 19.7. The van der Waals surface area contributed by atoms with Crippen LogP contribution in [0.3, 0.4) is 0 Å². The van der Waals surface area contributed by atoms with Crippen LogP contribution in [0, 0.1) is 5.82 Å². The average Bonchev–Trinajstić information content (AvgIpc) is 2.96. The summed E-state index contributed by atoms with van der Waals surface area (Å²) >= 11 is 0. The van der Waals surface area contributed by atoms with E-state index in [1.165, 1.54) is 6.07 Å². The summed E-state index contributed by atoms with van der Waals surface area (Å²) in [6.45, 7) is 10.9. The maximum atomic E-state index is 14.9. The number of esters is 2. The SMILES string of the molecule is C=C(C)C(=O)OCCOc1cccc(C=Cc2ccc(C=Cc3ccccc3OCCOC(=O)C(=C)C)cc2F)c1. The first-order valence-corrected chi connectivity index (χ1v) is 13.0. The highest BCUT2D eigenvalue weighted by Crippen LogP contribution is 2.22. The lowest BCUT2D eigenvalue weighted by Crippen LogP contribution is -2.12. The summed E-state index contributed by atoms with van der Waals surface area (Å²) in [5.74, 6) is -0.0476. The van der Waals surface area contributed by atoms with E-state index in [0.717, 1.165) is 11.1 Å². The lowest BCUT2D eigenvalue weighted by Gasteiger charge is -2.10. The van der Waals surface area contributed by atoms with Crippen LogP contribution in [0.1, 0.15) is 36.1 Å². The van der Waals surface area contributed by atoms with E-state index in [2.05, 4.69) is 13.2 Å². The summed E-state index contributed by atoms with van der Waals surface area (Å²) < 4.78 is 36.3. The van der Waals surface area contributed by atoms with Gasteiger partial charge in [-0.25, -0.2) is 14.0 Å². The third kappa shape index (κ3) is 10.3. The minimum atomic E-state index is -0.458. The summed E-state index contributed by atoms with van der Waals surface area (Å²) in [7, 11) is 0. The number of carbonyl (C=O) groups is 2. The van der Waals surface area contributed by atoms with Gasteiger partial charge in [-0.05, 0) is 49.2 Å². The lowest BCUT2D eigenvalue weighted by atomic mass is 10.1. The third-order valence-electron chi connectivity index (χ3n) is 5.57. The number of halogens is 1. The van der Waals surface area contributed by atoms with Crippen molar-refractivity contribution >= 4 is 36.2 Å². The molecule has 0 aliphatic carbocycles. The molecule has 0 radical (unpaired) electrons. The molecule has 0 saturated heterocycles. The zero-order valence-corrected chi connectivity index (χ0v) is 23.2. The topological polar surface area (TPSA) is 71.1 Å². The minimum absolute atomic E-state index is 0.105. The molecular weight excluding hydrogens is 523 g/mol. The first-order valence-electron chi connectivity index (χ1n) is 13.0. The number of carbonyl (C=O) groups excluding carboxylic acids is 2. The molecule has 0 unspecified atom stereocenters. The normalized spacial score (nSPS) is 10.9. The molecule has 0 bridgehead atoms. The Balaban J connectivity index is 1.57. The number of benzene rings is 3. The van der Waals surface area contributed by atoms with Crippen LogP contribution in [0.15, 0.2) is 91.0 Å². The monoisotopic (exact) mass is 556 g/mol. The van der Waals surface area contributed by atoms with Crippen molar-refractivity contribution in [2.75, 3.05) is 26.4 Å². The Morgan fingerprint density at radius 1 is 0.683 bits per heavy atom. The molecule has 212 valence electrons. The average molecular weight is 557 g/mol. The molecule has 0 aliphatic rings. The van der Waals surface area contributed by atoms with Gasteiger partial charge in [0, 0.05) is 22.3 Å². The Morgan fingerprint density at radius 2 is 1.29 bits per heavy atom. The van der Waals surface area contributed by atoms with Crippen LogP contribution in [0.25, 0.3) is 24.3 Å². The lowest BCUT2D eigenvalue weighted by molar-refractivity contribution is -0.140. The second-order valence-corrected chi connectivity index (χ2v) is 9.09. The van der Waals surface area contributed by atoms with Crippen molar-refractivity contribution in [1.82, 2.24) is 0 Å². The highest BCUT2D eigenvalue weighted by Gasteiger charge is 2.06. The number of para-hydroxylation sites is 1. The zero-order valence-electron chi connectivity index (χ0n) is 23.2. The number of hydrogen-bond acceptors (Lipinski definition) is 6. The van der Waals surface area contributed by atoms with Crippen LogP contribution < -0.4 is 9.47 Å². The number of rotatable bonds is 14. The van der Waals surface area contributed by atoms with E-state index in [0.29, 0.717) is 33.8 Å². The van der Waals surface area contributed by atoms with Crippen molar-refractivity contribution < 1.29 is 32.9 Å². The molecule has 0 aromatic heterocycles. The van der Waals surface area contributed by atoms with Crippen molar-refractivity contribution in [2.24, 2.45) is 0 Å². The van der Waals surface area contributed by atoms with Crippen LogP contribution in [0.2, 0.25) is 0 Å². The first kappa shape index (κ1) is 30.6. The summed E-state index contributed by atoms with van der Waals surface area (Å²) in [5.41, 5.74) is 3.43. The maximum absolute atomic E-state index is 14.9. The highest BCUT2D eigenvalue weighted by molar-refractivity contribution is 5.87. The second kappa shape index (κ2) is 15.6. The number of ether oxygens (including phenoxy) is 4. The van der Waals surface area contributed by atoms with Gasteiger partial charge in [0.2, 0.25) is 0 Å². The van der Waals surface area contributed by atoms with Gasteiger partial charge < -0.3 is 18.9 Å². The predicted molar refractivity (Wildman–Crippen MR) is 160 cm³/mol. The van der Waals surface area contributed by atoms with Gasteiger partial charge in [0.15, 0.2) is 0 Å². The van der Waals surface area contributed by atoms with E-state index in [1.54, 1.807) is 44.2 Å². The van der Waals surface area contributed by atoms with Crippen LogP contribution in [0.4, 0.5) is 4.39 Å². The first-order chi connectivity index (χ1) is 19.7. The van der Waals surface area contributed by atoms with Crippen molar-refractivity contribution in [3.05, 3.63) is 119 Å². The Kier molecular flexibility index (Phi) is 11.7. The predicted octanol–water partition coefficient (Wildman–Crippen LogP) is 7.16. The van der Waals surface area contributed by atoms with E-state index < -0.39 is 11.9 Å². The molecule has 3 aromatic carbocycles.